The fourth-order valence-corrected chi connectivity index (χ4v) is 3.15. The van der Waals surface area contributed by atoms with Crippen molar-refractivity contribution < 1.29 is 23.9 Å². The van der Waals surface area contributed by atoms with Crippen LogP contribution in [0.25, 0.3) is 0 Å². The van der Waals surface area contributed by atoms with E-state index in [0.717, 1.165) is 10.5 Å². The molecule has 0 fully saturated rings. The van der Waals surface area contributed by atoms with Crippen molar-refractivity contribution in [2.24, 2.45) is 5.92 Å². The highest BCUT2D eigenvalue weighted by Crippen LogP contribution is 2.28. The van der Waals surface area contributed by atoms with Crippen molar-refractivity contribution in [1.82, 2.24) is 0 Å². The Labute approximate surface area is 168 Å². The number of Topliss-reactive ketones (excluding diaryl/α,β-unsaturated/α-hetero) is 1. The third-order valence-electron chi connectivity index (χ3n) is 4.66. The molecule has 1 aliphatic rings. The van der Waals surface area contributed by atoms with Gasteiger partial charge in [0.05, 0.1) is 12.3 Å². The first-order chi connectivity index (χ1) is 13.9. The lowest BCUT2D eigenvalue weighted by Gasteiger charge is -2.17. The largest absolute Gasteiger partial charge is 0.465 e. The van der Waals surface area contributed by atoms with Crippen LogP contribution in [-0.2, 0) is 19.1 Å². The van der Waals surface area contributed by atoms with Crippen LogP contribution >= 0.6 is 0 Å². The number of anilines is 1. The number of imide groups is 1. The Morgan fingerprint density at radius 3 is 2.28 bits per heavy atom. The van der Waals surface area contributed by atoms with Gasteiger partial charge in [0, 0.05) is 17.2 Å². The second kappa shape index (κ2) is 8.65. The number of benzene rings is 2. The van der Waals surface area contributed by atoms with Gasteiger partial charge in [0.1, 0.15) is 5.92 Å². The van der Waals surface area contributed by atoms with Crippen molar-refractivity contribution in [2.75, 3.05) is 11.5 Å². The maximum atomic E-state index is 13.0. The van der Waals surface area contributed by atoms with Gasteiger partial charge in [0.15, 0.2) is 5.78 Å². The molecule has 148 valence electrons. The maximum absolute atomic E-state index is 13.0. The molecule has 1 unspecified atom stereocenters. The molecule has 1 heterocycles. The summed E-state index contributed by atoms with van der Waals surface area (Å²) in [5, 5.41) is 0. The van der Waals surface area contributed by atoms with Crippen molar-refractivity contribution in [3.05, 3.63) is 77.4 Å². The number of carbonyl (C=O) groups excluding carboxylic acids is 4. The monoisotopic (exact) mass is 391 g/mol. The smallest absolute Gasteiger partial charge is 0.317 e. The highest BCUT2D eigenvalue weighted by atomic mass is 16.5. The van der Waals surface area contributed by atoms with Gasteiger partial charge in [-0.15, -0.1) is 0 Å². The predicted molar refractivity (Wildman–Crippen MR) is 107 cm³/mol. The van der Waals surface area contributed by atoms with E-state index in [9.17, 15) is 19.2 Å². The van der Waals surface area contributed by atoms with Gasteiger partial charge in [-0.25, -0.2) is 4.90 Å². The summed E-state index contributed by atoms with van der Waals surface area (Å²) in [5.41, 5.74) is 1.88. The van der Waals surface area contributed by atoms with Crippen LogP contribution in [0.4, 0.5) is 5.69 Å². The molecule has 29 heavy (non-hydrogen) atoms. The second-order valence-electron chi connectivity index (χ2n) is 6.72. The van der Waals surface area contributed by atoms with E-state index < -0.39 is 29.5 Å². The fourth-order valence-electron chi connectivity index (χ4n) is 3.15. The zero-order chi connectivity index (χ0) is 21.0. The minimum atomic E-state index is -1.20. The molecule has 0 spiro atoms. The average Bonchev–Trinajstić information content (AvgIpc) is 3.00. The molecular formula is C23H21NO5. The van der Waals surface area contributed by atoms with Crippen molar-refractivity contribution >= 4 is 29.3 Å². The fraction of sp³-hybridized carbons (Fsp3) is 0.217. The molecule has 0 saturated heterocycles. The Morgan fingerprint density at radius 2 is 1.66 bits per heavy atom. The number of para-hydroxylation sites is 1. The molecule has 2 aromatic rings. The molecular weight excluding hydrogens is 370 g/mol. The SMILES string of the molecule is CCOC(=O)C(CC1=CC(=O)N(c2ccccc2)C1=O)C(=O)c1ccc(C)cc1. The van der Waals surface area contributed by atoms with Crippen molar-refractivity contribution in [3.63, 3.8) is 0 Å². The summed E-state index contributed by atoms with van der Waals surface area (Å²) in [6, 6.07) is 15.3. The number of esters is 1. The zero-order valence-corrected chi connectivity index (χ0v) is 16.3. The van der Waals surface area contributed by atoms with Gasteiger partial charge in [0.2, 0.25) is 0 Å². The number of ketones is 1. The summed E-state index contributed by atoms with van der Waals surface area (Å²) >= 11 is 0. The van der Waals surface area contributed by atoms with Gasteiger partial charge in [-0.1, -0.05) is 48.0 Å². The topological polar surface area (TPSA) is 80.8 Å². The van der Waals surface area contributed by atoms with E-state index in [0.29, 0.717) is 11.3 Å². The molecule has 0 N–H and O–H groups in total. The van der Waals surface area contributed by atoms with Crippen LogP contribution in [0, 0.1) is 12.8 Å². The number of nitrogens with zero attached hydrogens (tertiary/aromatic N) is 1. The summed E-state index contributed by atoms with van der Waals surface area (Å²) in [6.45, 7) is 3.65. The van der Waals surface area contributed by atoms with Gasteiger partial charge < -0.3 is 4.74 Å². The second-order valence-corrected chi connectivity index (χ2v) is 6.72. The van der Waals surface area contributed by atoms with Crippen LogP contribution in [0.5, 0.6) is 0 Å². The number of hydrogen-bond donors (Lipinski definition) is 0. The average molecular weight is 391 g/mol. The summed E-state index contributed by atoms with van der Waals surface area (Å²) in [4.78, 5) is 51.7. The summed E-state index contributed by atoms with van der Waals surface area (Å²) in [6.07, 6.45) is 0.990. The number of hydrogen-bond acceptors (Lipinski definition) is 5. The third kappa shape index (κ3) is 4.32. The third-order valence-corrected chi connectivity index (χ3v) is 4.66. The van der Waals surface area contributed by atoms with E-state index in [4.69, 9.17) is 4.74 Å². The maximum Gasteiger partial charge on any atom is 0.317 e. The molecule has 0 saturated carbocycles. The van der Waals surface area contributed by atoms with E-state index in [2.05, 4.69) is 0 Å². The Bertz CT molecular complexity index is 976. The molecule has 6 heteroatoms. The summed E-state index contributed by atoms with van der Waals surface area (Å²) in [7, 11) is 0. The molecule has 0 aliphatic carbocycles. The van der Waals surface area contributed by atoms with E-state index >= 15 is 0 Å². The molecule has 0 bridgehead atoms. The Balaban J connectivity index is 1.86. The van der Waals surface area contributed by atoms with Gasteiger partial charge in [-0.3, -0.25) is 19.2 Å². The van der Waals surface area contributed by atoms with Crippen molar-refractivity contribution in [2.45, 2.75) is 20.3 Å². The standard InChI is InChI=1S/C23H21NO5/c1-3-29-23(28)19(21(26)16-11-9-15(2)10-12-16)13-17-14-20(25)24(22(17)27)18-7-5-4-6-8-18/h4-12,14,19H,3,13H2,1-2H3. The van der Waals surface area contributed by atoms with Crippen LogP contribution in [-0.4, -0.2) is 30.2 Å². The predicted octanol–water partition coefficient (Wildman–Crippen LogP) is 3.25. The van der Waals surface area contributed by atoms with Crippen molar-refractivity contribution in [3.8, 4) is 0 Å². The molecule has 3 rings (SSSR count). The molecule has 2 amide bonds. The van der Waals surface area contributed by atoms with Crippen molar-refractivity contribution in [1.29, 1.82) is 0 Å². The molecule has 1 aliphatic heterocycles. The number of rotatable bonds is 7. The summed E-state index contributed by atoms with van der Waals surface area (Å²) in [5.74, 6) is -3.38. The molecule has 0 aromatic heterocycles. The number of ether oxygens (including phenoxy) is 1. The van der Waals surface area contributed by atoms with Gasteiger partial charge in [0.25, 0.3) is 11.8 Å². The summed E-state index contributed by atoms with van der Waals surface area (Å²) < 4.78 is 5.06. The Morgan fingerprint density at radius 1 is 1.00 bits per heavy atom. The first-order valence-corrected chi connectivity index (χ1v) is 9.34. The lowest BCUT2D eigenvalue weighted by molar-refractivity contribution is -0.146. The van der Waals surface area contributed by atoms with E-state index in [1.54, 1.807) is 61.5 Å². The highest BCUT2D eigenvalue weighted by molar-refractivity contribution is 6.30. The van der Waals surface area contributed by atoms with Crippen LogP contribution in [0.15, 0.2) is 66.2 Å². The lowest BCUT2D eigenvalue weighted by Crippen LogP contribution is -2.32. The minimum absolute atomic E-state index is 0.109. The highest BCUT2D eigenvalue weighted by Gasteiger charge is 2.37. The molecule has 2 aromatic carbocycles. The number of carbonyl (C=O) groups is 4. The number of amides is 2. The Hall–Kier alpha value is -3.54. The van der Waals surface area contributed by atoms with Gasteiger partial charge in [-0.05, 0) is 32.4 Å². The van der Waals surface area contributed by atoms with Crippen LogP contribution in [0.1, 0.15) is 29.3 Å². The van der Waals surface area contributed by atoms with E-state index in [1.165, 1.54) is 6.08 Å². The van der Waals surface area contributed by atoms with Crippen LogP contribution < -0.4 is 4.90 Å². The zero-order valence-electron chi connectivity index (χ0n) is 16.3. The van der Waals surface area contributed by atoms with Gasteiger partial charge in [-0.2, -0.15) is 0 Å². The van der Waals surface area contributed by atoms with E-state index in [1.807, 2.05) is 6.92 Å². The number of aryl methyl sites for hydroxylation is 1. The first kappa shape index (κ1) is 20.2. The quantitative estimate of drug-likeness (QED) is 0.313. The van der Waals surface area contributed by atoms with Crippen LogP contribution in [0.2, 0.25) is 0 Å². The van der Waals surface area contributed by atoms with Gasteiger partial charge >= 0.3 is 5.97 Å². The Kier molecular flexibility index (Phi) is 6.02. The minimum Gasteiger partial charge on any atom is -0.465 e. The molecule has 6 nitrogen and oxygen atoms in total. The normalized spacial score (nSPS) is 14.6. The van der Waals surface area contributed by atoms with Crippen LogP contribution in [0.3, 0.4) is 0 Å². The first-order valence-electron chi connectivity index (χ1n) is 9.34. The molecule has 1 atom stereocenters. The van der Waals surface area contributed by atoms with E-state index in [-0.39, 0.29) is 18.6 Å². The molecule has 0 radical (unpaired) electrons. The lowest BCUT2D eigenvalue weighted by atomic mass is 9.90.